The molecule has 4 N–H and O–H groups in total. The van der Waals surface area contributed by atoms with E-state index in [9.17, 15) is 54.1 Å². The predicted octanol–water partition coefficient (Wildman–Crippen LogP) is -8.77. The molecule has 295 valence electrons. The molecule has 0 fully saturated rings. The van der Waals surface area contributed by atoms with Gasteiger partial charge in [-0.1, -0.05) is 48.7 Å². The third kappa shape index (κ3) is 16.9. The van der Waals surface area contributed by atoms with Crippen LogP contribution in [0.15, 0.2) is 114 Å². The monoisotopic (exact) mass is 938 g/mol. The van der Waals surface area contributed by atoms with Gasteiger partial charge in [-0.25, -0.2) is 8.42 Å². The Bertz CT molecular complexity index is 2480. The number of hydrogen-bond donors (Lipinski definition) is 4. The molecule has 3 aromatic rings. The second kappa shape index (κ2) is 24.7. The number of amidine groups is 1. The molecule has 0 saturated heterocycles. The van der Waals surface area contributed by atoms with E-state index in [1.54, 1.807) is 6.07 Å². The van der Waals surface area contributed by atoms with Crippen molar-refractivity contribution in [3.8, 4) is 5.75 Å². The van der Waals surface area contributed by atoms with Crippen molar-refractivity contribution in [3.05, 3.63) is 101 Å². The first-order valence-corrected chi connectivity index (χ1v) is 19.2. The summed E-state index contributed by atoms with van der Waals surface area (Å²) >= 11 is 0. The fourth-order valence-electron chi connectivity index (χ4n) is 3.96. The molecule has 2 aromatic carbocycles. The molecule has 21 nitrogen and oxygen atoms in total. The number of azo groups is 1. The summed E-state index contributed by atoms with van der Waals surface area (Å²) in [6.07, 6.45) is 0.923. The van der Waals surface area contributed by atoms with Crippen LogP contribution in [0.3, 0.4) is 0 Å². The molecule has 0 spiro atoms. The van der Waals surface area contributed by atoms with E-state index < -0.39 is 92.1 Å². The van der Waals surface area contributed by atoms with Crippen molar-refractivity contribution < 1.29 is 165 Å². The third-order valence-corrected chi connectivity index (χ3v) is 9.44. The van der Waals surface area contributed by atoms with Gasteiger partial charge in [-0.15, -0.1) is 20.4 Å². The molecule has 0 saturated carbocycles. The Hall–Kier alpha value is -2.47. The average molecular weight is 939 g/mol. The van der Waals surface area contributed by atoms with Crippen LogP contribution < -0.4 is 115 Å². The number of aromatic nitrogens is 3. The largest absolute Gasteiger partial charge is 2.00 e. The molecular weight excluding hydrogens is 914 g/mol. The van der Waals surface area contributed by atoms with Gasteiger partial charge in [0.25, 0.3) is 20.2 Å². The number of allylic oxidation sites excluding steroid dienone is 4. The van der Waals surface area contributed by atoms with Gasteiger partial charge < -0.3 is 30.7 Å². The molecule has 0 amide bonds. The van der Waals surface area contributed by atoms with Gasteiger partial charge in [0.15, 0.2) is 9.84 Å². The van der Waals surface area contributed by atoms with E-state index in [4.69, 9.17) is 4.74 Å². The van der Waals surface area contributed by atoms with Crippen molar-refractivity contribution in [2.75, 3.05) is 36.1 Å². The number of anilines is 3. The molecule has 29 heteroatoms. The minimum atomic E-state index is -5.03. The first kappa shape index (κ1) is 55.5. The van der Waals surface area contributed by atoms with Crippen LogP contribution >= 0.6 is 0 Å². The molecule has 1 aliphatic carbocycles. The fourth-order valence-corrected chi connectivity index (χ4v) is 5.50. The Morgan fingerprint density at radius 3 is 2.19 bits per heavy atom. The first-order valence-electron chi connectivity index (χ1n) is 14.6. The zero-order valence-corrected chi connectivity index (χ0v) is 39.8. The summed E-state index contributed by atoms with van der Waals surface area (Å²) < 4.78 is 109. The maximum absolute atomic E-state index is 14.3. The molecule has 0 unspecified atom stereocenters. The van der Waals surface area contributed by atoms with Crippen LogP contribution in [0.25, 0.3) is 0 Å². The van der Waals surface area contributed by atoms with Crippen molar-refractivity contribution in [1.29, 1.82) is 0 Å². The number of nitrogens with zero attached hydrogens (tertiary/aromatic N) is 7. The molecule has 1 aliphatic rings. The van der Waals surface area contributed by atoms with Crippen LogP contribution in [0.2, 0.25) is 0 Å². The summed E-state index contributed by atoms with van der Waals surface area (Å²) in [6.45, 7) is 2.92. The Balaban J connectivity index is 0.00000812. The van der Waals surface area contributed by atoms with E-state index in [1.807, 2.05) is 0 Å². The normalized spacial score (nSPS) is 13.6. The van der Waals surface area contributed by atoms with Crippen LogP contribution in [0.1, 0.15) is 5.56 Å². The Morgan fingerprint density at radius 1 is 0.931 bits per heavy atom. The number of halogens is 1. The number of ether oxygens (including phenoxy) is 1. The van der Waals surface area contributed by atoms with Crippen LogP contribution in [0, 0.1) is 6.08 Å². The first-order chi connectivity index (χ1) is 25.4. The summed E-state index contributed by atoms with van der Waals surface area (Å²) in [5.41, 5.74) is -2.47. The van der Waals surface area contributed by atoms with E-state index in [2.05, 4.69) is 52.6 Å². The van der Waals surface area contributed by atoms with Crippen molar-refractivity contribution >= 4 is 64.9 Å². The van der Waals surface area contributed by atoms with E-state index in [0.29, 0.717) is 18.2 Å². The summed E-state index contributed by atoms with van der Waals surface area (Å²) in [7, 11) is -13.3. The van der Waals surface area contributed by atoms with Gasteiger partial charge in [0.05, 0.1) is 40.2 Å². The number of sulfone groups is 1. The van der Waals surface area contributed by atoms with Gasteiger partial charge in [-0.05, 0) is 29.9 Å². The second-order valence-corrected chi connectivity index (χ2v) is 15.2. The Morgan fingerprint density at radius 2 is 1.59 bits per heavy atom. The van der Waals surface area contributed by atoms with E-state index in [-0.39, 0.29) is 143 Å². The molecule has 1 aromatic heterocycles. The maximum atomic E-state index is 14.3. The van der Waals surface area contributed by atoms with E-state index in [0.717, 1.165) is 17.6 Å². The van der Waals surface area contributed by atoms with E-state index in [1.165, 1.54) is 24.3 Å². The van der Waals surface area contributed by atoms with Crippen molar-refractivity contribution in [3.63, 3.8) is 0 Å². The van der Waals surface area contributed by atoms with Gasteiger partial charge in [-0.2, -0.15) is 42.1 Å². The van der Waals surface area contributed by atoms with Crippen LogP contribution in [0.5, 0.6) is 5.75 Å². The standard InChI is InChI=1S/C29H28FN9O12S3.Cu.3Na/c1-2-52(43,44)13-12-51-11-10-31-28-33-27(30)34-29(35-28)32-22-15-19(54(48,49)50)16-23(24(22)40)37-39-25(17-6-4-3-5-7-17)38-36-21-14-18(53(45,46)47)8-9-20(21)26(41)42;;;;/h2-9,14-16,40-42H,1,10-13H2,(H,45,46,47)(H,48,49,50)(H2,31,32,33,34,35);;;;/q;+2;3*+1/p-3. The number of benzene rings is 2. The molecule has 58 heavy (non-hydrogen) atoms. The third-order valence-electron chi connectivity index (χ3n) is 6.51. The molecular formula is C29H25CuFN9Na3O12S3+2. The summed E-state index contributed by atoms with van der Waals surface area (Å²) in [5, 5.41) is 57.5. The average Bonchev–Trinajstić information content (AvgIpc) is 3.10. The predicted molar refractivity (Wildman–Crippen MR) is 183 cm³/mol. The van der Waals surface area contributed by atoms with Gasteiger partial charge in [-0.3, -0.25) is 9.11 Å². The van der Waals surface area contributed by atoms with Crippen molar-refractivity contribution in [2.45, 2.75) is 4.90 Å². The number of rotatable bonds is 15. The van der Waals surface area contributed by atoms with Gasteiger partial charge in [0, 0.05) is 23.2 Å². The number of nitrogens with one attached hydrogen (secondary N) is 2. The van der Waals surface area contributed by atoms with Crippen molar-refractivity contribution in [1.82, 2.24) is 15.0 Å². The Kier molecular flexibility index (Phi) is 23.7. The number of hydrogen-bond acceptors (Lipinski definition) is 18. The quantitative estimate of drug-likeness (QED) is 0.0161. The summed E-state index contributed by atoms with van der Waals surface area (Å²) in [5.74, 6) is -4.62. The summed E-state index contributed by atoms with van der Waals surface area (Å²) in [6, 6.07) is 8.81. The second-order valence-electron chi connectivity index (χ2n) is 10.3. The van der Waals surface area contributed by atoms with E-state index >= 15 is 0 Å². The molecule has 4 rings (SSSR count). The van der Waals surface area contributed by atoms with Crippen LogP contribution in [-0.4, -0.2) is 86.4 Å². The van der Waals surface area contributed by atoms with Crippen LogP contribution in [-0.2, 0) is 51.9 Å². The molecule has 0 atom stereocenters. The van der Waals surface area contributed by atoms with Gasteiger partial charge >= 0.3 is 112 Å². The summed E-state index contributed by atoms with van der Waals surface area (Å²) in [4.78, 5) is 9.12. The minimum absolute atomic E-state index is 0. The SMILES string of the molecule is C=CS(=O)(=O)CCOCCNc1nc(F)nc(Nc2cc(S(=O)(=O)O)cc(N=NC(=NN=C3C=C(S(=O)(=O)O)C=CC3=C([O-])[O-])c3ccccc3)c2[O-])n1.[Cu+2].[Na+].[Na+].[Na+]. The maximum Gasteiger partial charge on any atom is 2.00 e. The molecule has 1 radical (unpaired) electrons. The molecule has 1 heterocycles. The minimum Gasteiger partial charge on any atom is -0.883 e. The van der Waals surface area contributed by atoms with Gasteiger partial charge in [0.1, 0.15) is 0 Å². The van der Waals surface area contributed by atoms with Gasteiger partial charge in [0.2, 0.25) is 17.7 Å². The smallest absolute Gasteiger partial charge is 0.883 e. The Labute approximate surface area is 407 Å². The molecule has 0 bridgehead atoms. The zero-order chi connectivity index (χ0) is 39.7. The topological polar surface area (TPSA) is 333 Å². The van der Waals surface area contributed by atoms with Crippen LogP contribution in [0.4, 0.5) is 27.7 Å². The zero-order valence-electron chi connectivity index (χ0n) is 30.4. The fraction of sp³-hybridized carbons (Fsp3) is 0.138. The molecule has 0 aliphatic heterocycles. The van der Waals surface area contributed by atoms with Crippen molar-refractivity contribution in [2.24, 2.45) is 20.4 Å².